The van der Waals surface area contributed by atoms with E-state index in [1.54, 1.807) is 12.1 Å². The van der Waals surface area contributed by atoms with Crippen LogP contribution in [0.5, 0.6) is 0 Å². The molecule has 31 heavy (non-hydrogen) atoms. The normalized spacial score (nSPS) is 14.1. The lowest BCUT2D eigenvalue weighted by molar-refractivity contribution is 0.101. The summed E-state index contributed by atoms with van der Waals surface area (Å²) in [4.78, 5) is 14.1. The van der Waals surface area contributed by atoms with Crippen molar-refractivity contribution in [2.45, 2.75) is 20.3 Å². The minimum absolute atomic E-state index is 0.0929. The maximum absolute atomic E-state index is 11.9. The summed E-state index contributed by atoms with van der Waals surface area (Å²) in [6, 6.07) is 9.95. The highest BCUT2D eigenvalue weighted by Gasteiger charge is 2.22. The van der Waals surface area contributed by atoms with Crippen LogP contribution in [0, 0.1) is 18.3 Å². The number of hydrogen-bond donors (Lipinski definition) is 0. The Hall–Kier alpha value is -2.52. The molecule has 0 unspecified atom stereocenters. The van der Waals surface area contributed by atoms with Crippen LogP contribution in [-0.2, 0) is 18.2 Å². The summed E-state index contributed by atoms with van der Waals surface area (Å²) in [7, 11) is 2.00. The maximum Gasteiger partial charge on any atom is 0.161 e. The van der Waals surface area contributed by atoms with Gasteiger partial charge in [0, 0.05) is 48.2 Å². The van der Waals surface area contributed by atoms with Gasteiger partial charge in [-0.1, -0.05) is 23.2 Å². The molecule has 0 spiro atoms. The van der Waals surface area contributed by atoms with Gasteiger partial charge in [-0.05, 0) is 49.2 Å². The van der Waals surface area contributed by atoms with Gasteiger partial charge in [-0.25, -0.2) is 0 Å². The van der Waals surface area contributed by atoms with Gasteiger partial charge in [0.05, 0.1) is 35.0 Å². The first-order valence-electron chi connectivity index (χ1n) is 10.2. The molecule has 0 amide bonds. The summed E-state index contributed by atoms with van der Waals surface area (Å²) in [6.07, 6.45) is 0.484. The molecule has 0 aliphatic carbocycles. The molecule has 1 saturated heterocycles. The molecule has 1 aromatic heterocycles. The molecule has 1 fully saturated rings. The number of ketones is 1. The van der Waals surface area contributed by atoms with Gasteiger partial charge in [-0.2, -0.15) is 5.26 Å². The van der Waals surface area contributed by atoms with Crippen LogP contribution in [0.1, 0.15) is 39.7 Å². The van der Waals surface area contributed by atoms with Crippen molar-refractivity contribution in [2.75, 3.05) is 31.2 Å². The van der Waals surface area contributed by atoms with Crippen molar-refractivity contribution in [1.29, 1.82) is 5.26 Å². The summed E-state index contributed by atoms with van der Waals surface area (Å²) in [5.41, 5.74) is 5.84. The van der Waals surface area contributed by atoms with Crippen LogP contribution >= 0.6 is 23.2 Å². The quantitative estimate of drug-likeness (QED) is 0.501. The van der Waals surface area contributed by atoms with Crippen LogP contribution in [-0.4, -0.2) is 36.7 Å². The first-order valence-corrected chi connectivity index (χ1v) is 10.9. The molecule has 0 radical (unpaired) electrons. The molecule has 0 bridgehead atoms. The largest absolute Gasteiger partial charge is 0.378 e. The lowest BCUT2D eigenvalue weighted by Crippen LogP contribution is -2.36. The molecule has 0 saturated carbocycles. The van der Waals surface area contributed by atoms with Gasteiger partial charge in [-0.3, -0.25) is 4.79 Å². The van der Waals surface area contributed by atoms with Crippen LogP contribution in [0.2, 0.25) is 10.0 Å². The van der Waals surface area contributed by atoms with Crippen LogP contribution in [0.15, 0.2) is 24.3 Å². The highest BCUT2D eigenvalue weighted by molar-refractivity contribution is 6.38. The fraction of sp³-hybridized carbons (Fsp3) is 0.333. The standard InChI is InChI=1S/C24H23Cl2N3O2/c1-14-18-10-16(11-19-21(25)5-4-17(15(2)30)24(19)26)28(3)22(18)12-23(20(14)13-27)29-6-8-31-9-7-29/h4-5,10,12H,6-9,11H2,1-3H3. The molecule has 2 aromatic carbocycles. The molecule has 7 heteroatoms. The first kappa shape index (κ1) is 21.7. The van der Waals surface area contributed by atoms with Crippen molar-refractivity contribution in [1.82, 2.24) is 4.57 Å². The number of nitrogens with zero attached hydrogens (tertiary/aromatic N) is 3. The molecule has 4 rings (SSSR count). The van der Waals surface area contributed by atoms with E-state index in [4.69, 9.17) is 27.9 Å². The Balaban J connectivity index is 1.84. The number of hydrogen-bond acceptors (Lipinski definition) is 4. The number of anilines is 1. The summed E-state index contributed by atoms with van der Waals surface area (Å²) >= 11 is 13.0. The SMILES string of the molecule is CC(=O)c1ccc(Cl)c(Cc2cc3c(C)c(C#N)c(N4CCOCC4)cc3n2C)c1Cl. The number of aryl methyl sites for hydroxylation is 2. The second-order valence-corrected chi connectivity index (χ2v) is 8.64. The molecule has 0 N–H and O–H groups in total. The number of rotatable bonds is 4. The second-order valence-electron chi connectivity index (χ2n) is 7.85. The van der Waals surface area contributed by atoms with Gasteiger partial charge in [0.15, 0.2) is 5.78 Å². The van der Waals surface area contributed by atoms with Crippen molar-refractivity contribution in [3.63, 3.8) is 0 Å². The molecule has 0 atom stereocenters. The second kappa shape index (κ2) is 8.55. The Kier molecular flexibility index (Phi) is 5.98. The van der Waals surface area contributed by atoms with E-state index in [0.29, 0.717) is 40.8 Å². The predicted octanol–water partition coefficient (Wildman–Crippen LogP) is 5.30. The van der Waals surface area contributed by atoms with Crippen molar-refractivity contribution >= 4 is 45.6 Å². The number of carbonyl (C=O) groups excluding carboxylic acids is 1. The Labute approximate surface area is 191 Å². The molecule has 1 aliphatic heterocycles. The van der Waals surface area contributed by atoms with Gasteiger partial charge in [-0.15, -0.1) is 0 Å². The van der Waals surface area contributed by atoms with Crippen molar-refractivity contribution < 1.29 is 9.53 Å². The maximum atomic E-state index is 11.9. The number of fused-ring (bicyclic) bond motifs is 1. The van der Waals surface area contributed by atoms with Gasteiger partial charge in [0.1, 0.15) is 6.07 Å². The zero-order chi connectivity index (χ0) is 22.3. The average molecular weight is 456 g/mol. The summed E-state index contributed by atoms with van der Waals surface area (Å²) in [5, 5.41) is 11.8. The highest BCUT2D eigenvalue weighted by Crippen LogP contribution is 2.36. The topological polar surface area (TPSA) is 58.3 Å². The third-order valence-corrected chi connectivity index (χ3v) is 6.86. The molecule has 160 valence electrons. The fourth-order valence-electron chi connectivity index (χ4n) is 4.25. The van der Waals surface area contributed by atoms with Crippen molar-refractivity contribution in [2.24, 2.45) is 7.05 Å². The number of morpholine rings is 1. The van der Waals surface area contributed by atoms with Crippen LogP contribution in [0.3, 0.4) is 0 Å². The van der Waals surface area contributed by atoms with E-state index >= 15 is 0 Å². The number of benzene rings is 2. The van der Waals surface area contributed by atoms with Gasteiger partial charge in [0.25, 0.3) is 0 Å². The molecule has 3 aromatic rings. The van der Waals surface area contributed by atoms with Crippen LogP contribution in [0.4, 0.5) is 5.69 Å². The Morgan fingerprint density at radius 2 is 1.94 bits per heavy atom. The summed E-state index contributed by atoms with van der Waals surface area (Å²) in [5.74, 6) is -0.0929. The first-order chi connectivity index (χ1) is 14.8. The number of halogens is 2. The lowest BCUT2D eigenvalue weighted by atomic mass is 10.0. The van der Waals surface area contributed by atoms with E-state index in [1.165, 1.54) is 6.92 Å². The molecular formula is C24H23Cl2N3O2. The smallest absolute Gasteiger partial charge is 0.161 e. The number of nitriles is 1. The molecule has 5 nitrogen and oxygen atoms in total. The monoisotopic (exact) mass is 455 g/mol. The summed E-state index contributed by atoms with van der Waals surface area (Å²) in [6.45, 7) is 6.33. The number of ether oxygens (including phenoxy) is 1. The van der Waals surface area contributed by atoms with Crippen LogP contribution in [0.25, 0.3) is 10.9 Å². The zero-order valence-electron chi connectivity index (χ0n) is 17.8. The Morgan fingerprint density at radius 1 is 1.23 bits per heavy atom. The Bertz CT molecular complexity index is 1230. The number of carbonyl (C=O) groups is 1. The highest BCUT2D eigenvalue weighted by atomic mass is 35.5. The summed E-state index contributed by atoms with van der Waals surface area (Å²) < 4.78 is 7.59. The zero-order valence-corrected chi connectivity index (χ0v) is 19.3. The fourth-order valence-corrected chi connectivity index (χ4v) is 4.89. The van der Waals surface area contributed by atoms with Gasteiger partial charge < -0.3 is 14.2 Å². The minimum Gasteiger partial charge on any atom is -0.378 e. The molecule has 2 heterocycles. The van der Waals surface area contributed by atoms with E-state index in [1.807, 2.05) is 14.0 Å². The van der Waals surface area contributed by atoms with Crippen molar-refractivity contribution in [3.8, 4) is 6.07 Å². The Morgan fingerprint density at radius 3 is 2.58 bits per heavy atom. The van der Waals surface area contributed by atoms with Crippen molar-refractivity contribution in [3.05, 3.63) is 62.3 Å². The lowest BCUT2D eigenvalue weighted by Gasteiger charge is -2.30. The number of Topliss-reactive ketones (excluding diaryl/α,β-unsaturated/α-hetero) is 1. The van der Waals surface area contributed by atoms with E-state index < -0.39 is 0 Å². The van der Waals surface area contributed by atoms with E-state index in [-0.39, 0.29) is 5.78 Å². The molecule has 1 aliphatic rings. The number of aromatic nitrogens is 1. The van der Waals surface area contributed by atoms with E-state index in [9.17, 15) is 10.1 Å². The van der Waals surface area contributed by atoms with Crippen LogP contribution < -0.4 is 4.90 Å². The predicted molar refractivity (Wildman–Crippen MR) is 125 cm³/mol. The van der Waals surface area contributed by atoms with E-state index in [2.05, 4.69) is 27.7 Å². The van der Waals surface area contributed by atoms with Gasteiger partial charge >= 0.3 is 0 Å². The molecular weight excluding hydrogens is 433 g/mol. The third kappa shape index (κ3) is 3.80. The minimum atomic E-state index is -0.0929. The average Bonchev–Trinajstić information content (AvgIpc) is 3.07. The third-order valence-electron chi connectivity index (χ3n) is 6.07. The van der Waals surface area contributed by atoms with Gasteiger partial charge in [0.2, 0.25) is 0 Å². The van der Waals surface area contributed by atoms with E-state index in [0.717, 1.165) is 46.5 Å².